The third-order valence-corrected chi connectivity index (χ3v) is 9.31. The van der Waals surface area contributed by atoms with E-state index >= 15 is 0 Å². The lowest BCUT2D eigenvalue weighted by Gasteiger charge is -2.52. The highest BCUT2D eigenvalue weighted by atomic mass is 79.9. The van der Waals surface area contributed by atoms with Gasteiger partial charge in [0.25, 0.3) is 0 Å². The Morgan fingerprint density at radius 2 is 1.03 bits per heavy atom. The van der Waals surface area contributed by atoms with Crippen LogP contribution in [-0.2, 0) is 0 Å². The van der Waals surface area contributed by atoms with E-state index in [1.807, 2.05) is 0 Å². The minimum absolute atomic E-state index is 0.765. The highest BCUT2D eigenvalue weighted by Crippen LogP contribution is 2.58. The first kappa shape index (κ1) is 25.4. The third-order valence-electron chi connectivity index (χ3n) is 8.19. The van der Waals surface area contributed by atoms with Gasteiger partial charge in [-0.3, -0.25) is 0 Å². The van der Waals surface area contributed by atoms with Gasteiger partial charge in [0.2, 0.25) is 0 Å². The zero-order chi connectivity index (χ0) is 24.0. The van der Waals surface area contributed by atoms with Crippen molar-refractivity contribution < 1.29 is 9.47 Å². The molecule has 0 aliphatic heterocycles. The van der Waals surface area contributed by atoms with Crippen molar-refractivity contribution in [3.8, 4) is 11.5 Å². The Balaban J connectivity index is 1.41. The van der Waals surface area contributed by atoms with Gasteiger partial charge in [-0.2, -0.15) is 0 Å². The second-order valence-corrected chi connectivity index (χ2v) is 12.3. The van der Waals surface area contributed by atoms with Crippen LogP contribution in [0.4, 0.5) is 0 Å². The fourth-order valence-electron chi connectivity index (χ4n) is 6.81. The minimum Gasteiger partial charge on any atom is -0.494 e. The highest BCUT2D eigenvalue weighted by molar-refractivity contribution is 9.09. The molecular formula is C31H38Br2O2. The number of unbranched alkanes of at least 4 members (excludes halogenated alkanes) is 2. The Bertz CT molecular complexity index is 893. The maximum absolute atomic E-state index is 6.00. The molecule has 6 rings (SSSR count). The normalized spacial score (nSPS) is 24.6. The van der Waals surface area contributed by atoms with Crippen LogP contribution in [0.1, 0.15) is 68.9 Å². The topological polar surface area (TPSA) is 18.5 Å². The zero-order valence-electron chi connectivity index (χ0n) is 20.7. The van der Waals surface area contributed by atoms with Crippen molar-refractivity contribution in [1.29, 1.82) is 0 Å². The SMILES string of the molecule is BrCCCCOc1ccc(C(=C2C3CC4CC(C3)CC2C4)c2ccc(OCCCCBr)cc2)cc1. The van der Waals surface area contributed by atoms with Gasteiger partial charge in [-0.1, -0.05) is 61.7 Å². The van der Waals surface area contributed by atoms with Crippen molar-refractivity contribution in [2.75, 3.05) is 23.9 Å². The summed E-state index contributed by atoms with van der Waals surface area (Å²) in [7, 11) is 0. The first-order valence-corrected chi connectivity index (χ1v) is 15.8. The molecule has 0 radical (unpaired) electrons. The lowest BCUT2D eigenvalue weighted by Crippen LogP contribution is -2.40. The molecule has 0 N–H and O–H groups in total. The molecule has 0 unspecified atom stereocenters. The summed E-state index contributed by atoms with van der Waals surface area (Å²) in [4.78, 5) is 0. The lowest BCUT2D eigenvalue weighted by molar-refractivity contribution is 0.0705. The summed E-state index contributed by atoms with van der Waals surface area (Å²) < 4.78 is 12.0. The Kier molecular flexibility index (Phi) is 8.94. The Labute approximate surface area is 228 Å². The van der Waals surface area contributed by atoms with Gasteiger partial charge in [-0.05, 0) is 122 Å². The molecular weight excluding hydrogens is 564 g/mol. The van der Waals surface area contributed by atoms with Crippen LogP contribution in [0.3, 0.4) is 0 Å². The van der Waals surface area contributed by atoms with Crippen molar-refractivity contribution in [3.05, 3.63) is 65.2 Å². The fraction of sp³-hybridized carbons (Fsp3) is 0.548. The fourth-order valence-corrected chi connectivity index (χ4v) is 7.60. The van der Waals surface area contributed by atoms with Crippen LogP contribution >= 0.6 is 31.9 Å². The molecule has 0 amide bonds. The van der Waals surface area contributed by atoms with Crippen LogP contribution in [-0.4, -0.2) is 23.9 Å². The van der Waals surface area contributed by atoms with Gasteiger partial charge in [0.15, 0.2) is 0 Å². The van der Waals surface area contributed by atoms with E-state index in [0.29, 0.717) is 0 Å². The summed E-state index contributed by atoms with van der Waals surface area (Å²) in [6, 6.07) is 17.8. The molecule has 4 fully saturated rings. The van der Waals surface area contributed by atoms with E-state index in [9.17, 15) is 0 Å². The van der Waals surface area contributed by atoms with Crippen molar-refractivity contribution in [3.63, 3.8) is 0 Å². The van der Waals surface area contributed by atoms with E-state index in [-0.39, 0.29) is 0 Å². The zero-order valence-corrected chi connectivity index (χ0v) is 23.9. The van der Waals surface area contributed by atoms with E-state index in [2.05, 4.69) is 80.4 Å². The van der Waals surface area contributed by atoms with Crippen LogP contribution in [0.15, 0.2) is 54.1 Å². The summed E-state index contributed by atoms with van der Waals surface area (Å²) >= 11 is 7.00. The maximum Gasteiger partial charge on any atom is 0.119 e. The summed E-state index contributed by atoms with van der Waals surface area (Å²) in [5.41, 5.74) is 5.90. The average Bonchev–Trinajstić information content (AvgIpc) is 2.87. The van der Waals surface area contributed by atoms with Gasteiger partial charge in [-0.25, -0.2) is 0 Å². The second kappa shape index (κ2) is 12.3. The predicted octanol–water partition coefficient (Wildman–Crippen LogP) is 9.05. The van der Waals surface area contributed by atoms with Crippen molar-refractivity contribution in [1.82, 2.24) is 0 Å². The summed E-state index contributed by atoms with van der Waals surface area (Å²) in [6.07, 6.45) is 11.5. The first-order valence-electron chi connectivity index (χ1n) is 13.6. The van der Waals surface area contributed by atoms with Gasteiger partial charge in [-0.15, -0.1) is 0 Å². The van der Waals surface area contributed by atoms with Crippen molar-refractivity contribution in [2.45, 2.75) is 57.8 Å². The molecule has 2 nitrogen and oxygen atoms in total. The number of hydrogen-bond donors (Lipinski definition) is 0. The molecule has 0 atom stereocenters. The summed E-state index contributed by atoms with van der Waals surface area (Å²) in [5, 5.41) is 2.08. The molecule has 2 aromatic rings. The molecule has 0 heterocycles. The number of benzene rings is 2. The van der Waals surface area contributed by atoms with Crippen LogP contribution in [0.2, 0.25) is 0 Å². The number of ether oxygens (including phenoxy) is 2. The Morgan fingerprint density at radius 3 is 1.43 bits per heavy atom. The largest absolute Gasteiger partial charge is 0.494 e. The van der Waals surface area contributed by atoms with Crippen LogP contribution in [0.25, 0.3) is 5.57 Å². The lowest BCUT2D eigenvalue weighted by atomic mass is 9.53. The molecule has 0 spiro atoms. The Morgan fingerprint density at radius 1 is 0.600 bits per heavy atom. The van der Waals surface area contributed by atoms with E-state index in [1.54, 1.807) is 5.57 Å². The van der Waals surface area contributed by atoms with Crippen molar-refractivity contribution >= 4 is 37.4 Å². The van der Waals surface area contributed by atoms with E-state index in [1.165, 1.54) is 48.8 Å². The van der Waals surface area contributed by atoms with Gasteiger partial charge in [0, 0.05) is 10.7 Å². The molecule has 0 aromatic heterocycles. The number of hydrogen-bond acceptors (Lipinski definition) is 2. The second-order valence-electron chi connectivity index (χ2n) is 10.7. The maximum atomic E-state index is 6.00. The van der Waals surface area contributed by atoms with E-state index in [4.69, 9.17) is 9.47 Å². The minimum atomic E-state index is 0.765. The van der Waals surface area contributed by atoms with Crippen LogP contribution < -0.4 is 9.47 Å². The first-order chi connectivity index (χ1) is 17.2. The molecule has 4 aliphatic rings. The summed E-state index contributed by atoms with van der Waals surface area (Å²) in [6.45, 7) is 1.56. The monoisotopic (exact) mass is 600 g/mol. The van der Waals surface area contributed by atoms with Crippen molar-refractivity contribution in [2.24, 2.45) is 23.7 Å². The predicted molar refractivity (Wildman–Crippen MR) is 153 cm³/mol. The van der Waals surface area contributed by atoms with Gasteiger partial charge in [0.1, 0.15) is 11.5 Å². The third kappa shape index (κ3) is 6.18. The highest BCUT2D eigenvalue weighted by Gasteiger charge is 2.46. The summed E-state index contributed by atoms with van der Waals surface area (Å²) in [5.74, 6) is 5.42. The van der Waals surface area contributed by atoms with Gasteiger partial charge in [0.05, 0.1) is 13.2 Å². The van der Waals surface area contributed by atoms with Gasteiger partial charge < -0.3 is 9.47 Å². The molecule has 0 saturated heterocycles. The van der Waals surface area contributed by atoms with Gasteiger partial charge >= 0.3 is 0 Å². The molecule has 188 valence electrons. The molecule has 4 bridgehead atoms. The molecule has 4 heteroatoms. The van der Waals surface area contributed by atoms with E-state index in [0.717, 1.165) is 84.7 Å². The molecule has 4 saturated carbocycles. The van der Waals surface area contributed by atoms with Crippen LogP contribution in [0.5, 0.6) is 11.5 Å². The smallest absolute Gasteiger partial charge is 0.119 e. The molecule has 4 aliphatic carbocycles. The Hall–Kier alpha value is -1.26. The number of halogens is 2. The quantitative estimate of drug-likeness (QED) is 0.178. The number of rotatable bonds is 12. The number of allylic oxidation sites excluding steroid dienone is 1. The average molecular weight is 602 g/mol. The van der Waals surface area contributed by atoms with Crippen LogP contribution in [0, 0.1) is 23.7 Å². The molecule has 2 aromatic carbocycles. The number of alkyl halides is 2. The molecule has 35 heavy (non-hydrogen) atoms. The van der Waals surface area contributed by atoms with E-state index < -0.39 is 0 Å². The standard InChI is InChI=1S/C31H38Br2O2/c32-13-1-3-15-34-28-9-5-24(6-10-28)30(25-7-11-29(12-8-25)35-16-4-2-14-33)31-26-18-22-17-23(20-26)21-27(31)19-22/h5-12,22-23,26-27H,1-4,13-21H2.